The molecule has 5 heteroatoms. The van der Waals surface area contributed by atoms with Gasteiger partial charge in [-0.1, -0.05) is 67.7 Å². The first-order chi connectivity index (χ1) is 18.2. The standard InChI is InChI=1S/C32H45N3O2/c1-2-3-4-5-6-7-8-9-10-11-12-13-14-15-16-17-18-24-31(36)35-26-20-19-23-30(35)28-34-32(37)29-22-21-25-33-27-29/h3-4,6-7,9-10,12-13,15-16,21-22,25,27,30H,2,5,8,11,14,17-20,23-24,26,28H2,1H3,(H,34,37)/b4-3-,7-6-,10-9-,13-12-,16-15-/t30-/m1/s1. The van der Waals surface area contributed by atoms with Gasteiger partial charge in [0.15, 0.2) is 0 Å². The Kier molecular flexibility index (Phi) is 16.2. The Balaban J connectivity index is 1.56. The maximum Gasteiger partial charge on any atom is 0.252 e. The van der Waals surface area contributed by atoms with Crippen LogP contribution < -0.4 is 5.32 Å². The monoisotopic (exact) mass is 503 g/mol. The Labute approximate surface area is 224 Å². The third-order valence-electron chi connectivity index (χ3n) is 6.29. The van der Waals surface area contributed by atoms with E-state index in [9.17, 15) is 9.59 Å². The fourth-order valence-electron chi connectivity index (χ4n) is 4.23. The fraction of sp³-hybridized carbons (Fsp3) is 0.469. The van der Waals surface area contributed by atoms with Gasteiger partial charge in [-0.15, -0.1) is 0 Å². The predicted octanol–water partition coefficient (Wildman–Crippen LogP) is 7.11. The second-order valence-electron chi connectivity index (χ2n) is 9.29. The third kappa shape index (κ3) is 13.6. The zero-order valence-electron chi connectivity index (χ0n) is 22.6. The summed E-state index contributed by atoms with van der Waals surface area (Å²) >= 11 is 0. The van der Waals surface area contributed by atoms with Crippen molar-refractivity contribution in [2.45, 2.75) is 83.6 Å². The molecule has 200 valence electrons. The first-order valence-electron chi connectivity index (χ1n) is 13.9. The molecule has 0 aromatic carbocycles. The minimum Gasteiger partial charge on any atom is -0.350 e. The van der Waals surface area contributed by atoms with Crippen LogP contribution in [0, 0.1) is 0 Å². The normalized spacial score (nSPS) is 16.7. The van der Waals surface area contributed by atoms with Crippen molar-refractivity contribution < 1.29 is 9.59 Å². The molecule has 1 aliphatic rings. The van der Waals surface area contributed by atoms with Crippen LogP contribution in [0.25, 0.3) is 0 Å². The van der Waals surface area contributed by atoms with E-state index in [4.69, 9.17) is 0 Å². The number of carbonyl (C=O) groups is 2. The molecule has 2 heterocycles. The van der Waals surface area contributed by atoms with Gasteiger partial charge in [-0.3, -0.25) is 14.6 Å². The molecule has 0 bridgehead atoms. The lowest BCUT2D eigenvalue weighted by atomic mass is 10.0. The number of hydrogen-bond donors (Lipinski definition) is 1. The van der Waals surface area contributed by atoms with Crippen LogP contribution in [0.3, 0.4) is 0 Å². The van der Waals surface area contributed by atoms with Crippen LogP contribution in [-0.4, -0.2) is 40.8 Å². The van der Waals surface area contributed by atoms with Crippen molar-refractivity contribution in [2.24, 2.45) is 0 Å². The van der Waals surface area contributed by atoms with Crippen molar-refractivity contribution in [2.75, 3.05) is 13.1 Å². The maximum atomic E-state index is 12.8. The summed E-state index contributed by atoms with van der Waals surface area (Å²) < 4.78 is 0. The third-order valence-corrected chi connectivity index (χ3v) is 6.29. The van der Waals surface area contributed by atoms with Crippen molar-refractivity contribution >= 4 is 11.8 Å². The van der Waals surface area contributed by atoms with Crippen LogP contribution in [0.5, 0.6) is 0 Å². The molecular weight excluding hydrogens is 458 g/mol. The number of likely N-dealkylation sites (tertiary alicyclic amines) is 1. The first-order valence-corrected chi connectivity index (χ1v) is 13.9. The molecule has 37 heavy (non-hydrogen) atoms. The number of piperidine rings is 1. The van der Waals surface area contributed by atoms with E-state index in [2.05, 4.69) is 78.0 Å². The number of amides is 2. The van der Waals surface area contributed by atoms with E-state index in [0.29, 0.717) is 18.5 Å². The Hall–Kier alpha value is -3.21. The lowest BCUT2D eigenvalue weighted by molar-refractivity contribution is -0.134. The summed E-state index contributed by atoms with van der Waals surface area (Å²) in [7, 11) is 0. The fourth-order valence-corrected chi connectivity index (χ4v) is 4.23. The quantitative estimate of drug-likeness (QED) is 0.193. The summed E-state index contributed by atoms with van der Waals surface area (Å²) in [5.74, 6) is 0.0668. The average Bonchev–Trinajstić information content (AvgIpc) is 2.94. The number of carbonyl (C=O) groups excluding carboxylic acids is 2. The van der Waals surface area contributed by atoms with Gasteiger partial charge in [0.05, 0.1) is 5.56 Å². The van der Waals surface area contributed by atoms with Gasteiger partial charge in [0.1, 0.15) is 0 Å². The maximum absolute atomic E-state index is 12.8. The highest BCUT2D eigenvalue weighted by Gasteiger charge is 2.26. The largest absolute Gasteiger partial charge is 0.350 e. The molecule has 1 aliphatic heterocycles. The molecule has 0 radical (unpaired) electrons. The van der Waals surface area contributed by atoms with Crippen LogP contribution in [0.15, 0.2) is 85.3 Å². The molecule has 1 fully saturated rings. The Morgan fingerprint density at radius 2 is 1.59 bits per heavy atom. The van der Waals surface area contributed by atoms with E-state index < -0.39 is 0 Å². The zero-order valence-corrected chi connectivity index (χ0v) is 22.6. The molecule has 2 amide bonds. The predicted molar refractivity (Wildman–Crippen MR) is 154 cm³/mol. The molecular formula is C32H45N3O2. The van der Waals surface area contributed by atoms with Gasteiger partial charge < -0.3 is 10.2 Å². The molecule has 1 atom stereocenters. The first kappa shape index (κ1) is 30.0. The number of nitrogens with zero attached hydrogens (tertiary/aromatic N) is 2. The lowest BCUT2D eigenvalue weighted by Crippen LogP contribution is -2.49. The number of pyridine rings is 1. The summed E-state index contributed by atoms with van der Waals surface area (Å²) in [6.07, 6.45) is 35.6. The van der Waals surface area contributed by atoms with Gasteiger partial charge in [-0.05, 0) is 76.3 Å². The van der Waals surface area contributed by atoms with E-state index in [1.54, 1.807) is 24.5 Å². The van der Waals surface area contributed by atoms with Crippen LogP contribution in [0.2, 0.25) is 0 Å². The lowest BCUT2D eigenvalue weighted by Gasteiger charge is -2.36. The summed E-state index contributed by atoms with van der Waals surface area (Å²) in [5, 5.41) is 2.98. The summed E-state index contributed by atoms with van der Waals surface area (Å²) in [5.41, 5.74) is 0.549. The molecule has 0 spiro atoms. The second kappa shape index (κ2) is 19.9. The van der Waals surface area contributed by atoms with E-state index in [1.165, 1.54) is 0 Å². The van der Waals surface area contributed by atoms with Gasteiger partial charge >= 0.3 is 0 Å². The van der Waals surface area contributed by atoms with Gasteiger partial charge in [-0.2, -0.15) is 0 Å². The van der Waals surface area contributed by atoms with Crippen molar-refractivity contribution in [1.82, 2.24) is 15.2 Å². The molecule has 0 unspecified atom stereocenters. The van der Waals surface area contributed by atoms with Crippen molar-refractivity contribution in [3.8, 4) is 0 Å². The van der Waals surface area contributed by atoms with E-state index >= 15 is 0 Å². The molecule has 0 aliphatic carbocycles. The van der Waals surface area contributed by atoms with Crippen molar-refractivity contribution in [3.05, 3.63) is 90.9 Å². The number of hydrogen-bond acceptors (Lipinski definition) is 3. The van der Waals surface area contributed by atoms with Crippen LogP contribution in [0.4, 0.5) is 0 Å². The number of aromatic nitrogens is 1. The Bertz CT molecular complexity index is 915. The SMILES string of the molecule is CC/C=C\C/C=C\C/C=C\C/C=C\C/C=C\CCCC(=O)N1CCCC[C@@H]1CNC(=O)c1cccnc1. The van der Waals surface area contributed by atoms with E-state index in [0.717, 1.165) is 70.8 Å². The van der Waals surface area contributed by atoms with Crippen molar-refractivity contribution in [1.29, 1.82) is 0 Å². The van der Waals surface area contributed by atoms with E-state index in [1.807, 2.05) is 4.90 Å². The highest BCUT2D eigenvalue weighted by atomic mass is 16.2. The zero-order chi connectivity index (χ0) is 26.4. The van der Waals surface area contributed by atoms with E-state index in [-0.39, 0.29) is 17.9 Å². The Morgan fingerprint density at radius 3 is 2.22 bits per heavy atom. The van der Waals surface area contributed by atoms with Crippen LogP contribution in [-0.2, 0) is 4.79 Å². The van der Waals surface area contributed by atoms with Gasteiger partial charge in [-0.25, -0.2) is 0 Å². The molecule has 1 saturated heterocycles. The summed E-state index contributed by atoms with van der Waals surface area (Å²) in [4.78, 5) is 31.1. The van der Waals surface area contributed by atoms with Gasteiger partial charge in [0.25, 0.3) is 5.91 Å². The van der Waals surface area contributed by atoms with Crippen LogP contribution >= 0.6 is 0 Å². The molecule has 1 aromatic heterocycles. The van der Waals surface area contributed by atoms with Gasteiger partial charge in [0, 0.05) is 37.9 Å². The topological polar surface area (TPSA) is 62.3 Å². The smallest absolute Gasteiger partial charge is 0.252 e. The molecule has 1 N–H and O–H groups in total. The van der Waals surface area contributed by atoms with Crippen LogP contribution in [0.1, 0.15) is 87.9 Å². The number of nitrogens with one attached hydrogen (secondary N) is 1. The highest BCUT2D eigenvalue weighted by Crippen LogP contribution is 2.18. The molecule has 1 aromatic rings. The second-order valence-corrected chi connectivity index (χ2v) is 9.29. The highest BCUT2D eigenvalue weighted by molar-refractivity contribution is 5.93. The molecule has 2 rings (SSSR count). The number of rotatable bonds is 16. The summed E-state index contributed by atoms with van der Waals surface area (Å²) in [6, 6.07) is 3.58. The average molecular weight is 504 g/mol. The van der Waals surface area contributed by atoms with Crippen molar-refractivity contribution in [3.63, 3.8) is 0 Å². The Morgan fingerprint density at radius 1 is 0.946 bits per heavy atom. The molecule has 5 nitrogen and oxygen atoms in total. The molecule has 0 saturated carbocycles. The summed E-state index contributed by atoms with van der Waals surface area (Å²) in [6.45, 7) is 3.43. The number of allylic oxidation sites excluding steroid dienone is 10. The minimum absolute atomic E-state index is 0.0792. The van der Waals surface area contributed by atoms with Gasteiger partial charge in [0.2, 0.25) is 5.91 Å². The minimum atomic E-state index is -0.135. The number of unbranched alkanes of at least 4 members (excludes halogenated alkanes) is 1.